The van der Waals surface area contributed by atoms with Gasteiger partial charge in [0.05, 0.1) is 19.9 Å². The Morgan fingerprint density at radius 2 is 1.71 bits per heavy atom. The molecule has 1 unspecified atom stereocenters. The minimum Gasteiger partial charge on any atom is -0.497 e. The molecule has 42 heavy (non-hydrogen) atoms. The first kappa shape index (κ1) is 30.6. The Morgan fingerprint density at radius 1 is 0.952 bits per heavy atom. The molecule has 3 aromatic rings. The van der Waals surface area contributed by atoms with Gasteiger partial charge in [-0.25, -0.2) is 4.98 Å². The standard InChI is InChI=1S/C33H40N4O5/c1-23-15-17-24(18-16-23)32(33(40)35-25-10-5-4-6-11-25)37(27-20-19-26(41-2)22-28(27)42-3)31(39)14-9-13-30(38)36-29-12-7-8-21-34-29/h7-8,12,15-22,25,32H,4-6,9-11,13-14H2,1-3H3,(H,35,40)(H,34,36,38). The van der Waals surface area contributed by atoms with E-state index in [4.69, 9.17) is 9.47 Å². The minimum absolute atomic E-state index is 0.0455. The number of nitrogens with zero attached hydrogens (tertiary/aromatic N) is 2. The fourth-order valence-electron chi connectivity index (χ4n) is 5.26. The van der Waals surface area contributed by atoms with Gasteiger partial charge in [0.2, 0.25) is 17.7 Å². The van der Waals surface area contributed by atoms with E-state index in [1.54, 1.807) is 49.7 Å². The second-order valence-corrected chi connectivity index (χ2v) is 10.6. The van der Waals surface area contributed by atoms with Crippen molar-refractivity contribution in [2.45, 2.75) is 70.4 Å². The van der Waals surface area contributed by atoms with E-state index in [1.807, 2.05) is 31.2 Å². The van der Waals surface area contributed by atoms with Crippen LogP contribution in [-0.2, 0) is 14.4 Å². The zero-order chi connectivity index (χ0) is 29.9. The Kier molecular flexibility index (Phi) is 10.9. The quantitative estimate of drug-likeness (QED) is 0.287. The highest BCUT2D eigenvalue weighted by Crippen LogP contribution is 2.38. The number of pyridine rings is 1. The molecule has 0 spiro atoms. The van der Waals surface area contributed by atoms with Crippen LogP contribution in [0.5, 0.6) is 11.5 Å². The molecule has 1 saturated carbocycles. The van der Waals surface area contributed by atoms with Crippen LogP contribution in [0.15, 0.2) is 66.9 Å². The number of amides is 3. The van der Waals surface area contributed by atoms with Crippen LogP contribution in [0.1, 0.15) is 68.5 Å². The first-order valence-corrected chi connectivity index (χ1v) is 14.5. The normalized spacial score (nSPS) is 14.0. The molecule has 1 fully saturated rings. The molecule has 1 atom stereocenters. The molecule has 1 aliphatic rings. The molecule has 2 aromatic carbocycles. The number of aryl methyl sites for hydroxylation is 1. The Labute approximate surface area is 247 Å². The van der Waals surface area contributed by atoms with Gasteiger partial charge in [0, 0.05) is 31.1 Å². The number of benzene rings is 2. The molecule has 4 rings (SSSR count). The monoisotopic (exact) mass is 572 g/mol. The van der Waals surface area contributed by atoms with Crippen molar-refractivity contribution in [2.75, 3.05) is 24.4 Å². The van der Waals surface area contributed by atoms with E-state index < -0.39 is 6.04 Å². The topological polar surface area (TPSA) is 110 Å². The summed E-state index contributed by atoms with van der Waals surface area (Å²) in [5, 5.41) is 5.98. The number of nitrogens with one attached hydrogen (secondary N) is 2. The average Bonchev–Trinajstić information content (AvgIpc) is 3.01. The summed E-state index contributed by atoms with van der Waals surface area (Å²) in [7, 11) is 3.08. The third-order valence-electron chi connectivity index (χ3n) is 7.49. The van der Waals surface area contributed by atoms with Crippen molar-refractivity contribution in [3.63, 3.8) is 0 Å². The van der Waals surface area contributed by atoms with Gasteiger partial charge in [-0.2, -0.15) is 0 Å². The summed E-state index contributed by atoms with van der Waals surface area (Å²) in [6.45, 7) is 1.98. The van der Waals surface area contributed by atoms with Crippen molar-refractivity contribution in [3.8, 4) is 11.5 Å². The molecule has 222 valence electrons. The Hall–Kier alpha value is -4.40. The second-order valence-electron chi connectivity index (χ2n) is 10.6. The number of hydrogen-bond acceptors (Lipinski definition) is 6. The molecule has 0 aliphatic heterocycles. The van der Waals surface area contributed by atoms with Gasteiger partial charge >= 0.3 is 0 Å². The molecular formula is C33H40N4O5. The van der Waals surface area contributed by atoms with Crippen molar-refractivity contribution in [3.05, 3.63) is 78.0 Å². The highest BCUT2D eigenvalue weighted by atomic mass is 16.5. The summed E-state index contributed by atoms with van der Waals surface area (Å²) < 4.78 is 11.1. The van der Waals surface area contributed by atoms with Crippen LogP contribution in [0.4, 0.5) is 11.5 Å². The van der Waals surface area contributed by atoms with E-state index >= 15 is 0 Å². The predicted octanol–water partition coefficient (Wildman–Crippen LogP) is 5.74. The van der Waals surface area contributed by atoms with Crippen LogP contribution in [0, 0.1) is 6.92 Å². The number of rotatable bonds is 12. The minimum atomic E-state index is -0.940. The summed E-state index contributed by atoms with van der Waals surface area (Å²) in [5.74, 6) is 0.640. The molecule has 0 saturated heterocycles. The van der Waals surface area contributed by atoms with Gasteiger partial charge in [-0.15, -0.1) is 0 Å². The van der Waals surface area contributed by atoms with E-state index in [-0.39, 0.29) is 43.0 Å². The largest absolute Gasteiger partial charge is 0.497 e. The molecular weight excluding hydrogens is 532 g/mol. The molecule has 0 bridgehead atoms. The summed E-state index contributed by atoms with van der Waals surface area (Å²) in [4.78, 5) is 46.4. The van der Waals surface area contributed by atoms with Gasteiger partial charge in [-0.05, 0) is 56.0 Å². The molecule has 9 heteroatoms. The highest BCUT2D eigenvalue weighted by molar-refractivity contribution is 6.02. The van der Waals surface area contributed by atoms with Crippen LogP contribution in [0.3, 0.4) is 0 Å². The van der Waals surface area contributed by atoms with E-state index in [0.717, 1.165) is 37.7 Å². The first-order chi connectivity index (χ1) is 20.4. The molecule has 0 radical (unpaired) electrons. The van der Waals surface area contributed by atoms with Crippen LogP contribution in [0.2, 0.25) is 0 Å². The zero-order valence-electron chi connectivity index (χ0n) is 24.6. The fraction of sp³-hybridized carbons (Fsp3) is 0.394. The number of anilines is 2. The van der Waals surface area contributed by atoms with E-state index in [0.29, 0.717) is 28.6 Å². The smallest absolute Gasteiger partial charge is 0.248 e. The van der Waals surface area contributed by atoms with Gasteiger partial charge in [0.15, 0.2) is 0 Å². The Balaban J connectivity index is 1.65. The number of methoxy groups -OCH3 is 2. The average molecular weight is 573 g/mol. The van der Waals surface area contributed by atoms with Gasteiger partial charge in [-0.1, -0.05) is 55.2 Å². The number of carbonyl (C=O) groups is 3. The predicted molar refractivity (Wildman–Crippen MR) is 163 cm³/mol. The van der Waals surface area contributed by atoms with Crippen molar-refractivity contribution < 1.29 is 23.9 Å². The Bertz CT molecular complexity index is 1340. The van der Waals surface area contributed by atoms with Gasteiger partial charge in [0.25, 0.3) is 0 Å². The molecule has 1 aliphatic carbocycles. The third kappa shape index (κ3) is 8.09. The molecule has 9 nitrogen and oxygen atoms in total. The lowest BCUT2D eigenvalue weighted by molar-refractivity contribution is -0.127. The highest BCUT2D eigenvalue weighted by Gasteiger charge is 2.35. The number of ether oxygens (including phenoxy) is 2. The van der Waals surface area contributed by atoms with Crippen molar-refractivity contribution in [1.29, 1.82) is 0 Å². The van der Waals surface area contributed by atoms with E-state index in [1.165, 1.54) is 12.0 Å². The lowest BCUT2D eigenvalue weighted by Gasteiger charge is -2.34. The number of aromatic nitrogens is 1. The fourth-order valence-corrected chi connectivity index (χ4v) is 5.26. The first-order valence-electron chi connectivity index (χ1n) is 14.5. The molecule has 2 N–H and O–H groups in total. The maximum atomic E-state index is 14.1. The van der Waals surface area contributed by atoms with E-state index in [9.17, 15) is 14.4 Å². The van der Waals surface area contributed by atoms with Crippen LogP contribution in [-0.4, -0.2) is 43.0 Å². The lowest BCUT2D eigenvalue weighted by atomic mass is 9.94. The van der Waals surface area contributed by atoms with Gasteiger partial charge < -0.3 is 20.1 Å². The third-order valence-corrected chi connectivity index (χ3v) is 7.49. The number of hydrogen-bond donors (Lipinski definition) is 2. The van der Waals surface area contributed by atoms with Crippen LogP contribution in [0.25, 0.3) is 0 Å². The molecule has 3 amide bonds. The molecule has 1 heterocycles. The van der Waals surface area contributed by atoms with Crippen molar-refractivity contribution >= 4 is 29.2 Å². The van der Waals surface area contributed by atoms with Crippen LogP contribution < -0.4 is 25.0 Å². The summed E-state index contributed by atoms with van der Waals surface area (Å²) >= 11 is 0. The maximum absolute atomic E-state index is 14.1. The Morgan fingerprint density at radius 3 is 2.38 bits per heavy atom. The SMILES string of the molecule is COc1ccc(N(C(=O)CCCC(=O)Nc2ccccn2)C(C(=O)NC2CCCCC2)c2ccc(C)cc2)c(OC)c1. The van der Waals surface area contributed by atoms with Gasteiger partial charge in [-0.3, -0.25) is 19.3 Å². The number of carbonyl (C=O) groups excluding carboxylic acids is 3. The lowest BCUT2D eigenvalue weighted by Crippen LogP contribution is -2.47. The maximum Gasteiger partial charge on any atom is 0.248 e. The summed E-state index contributed by atoms with van der Waals surface area (Å²) in [6.07, 6.45) is 7.18. The van der Waals surface area contributed by atoms with Crippen molar-refractivity contribution in [2.24, 2.45) is 0 Å². The molecule has 1 aromatic heterocycles. The van der Waals surface area contributed by atoms with E-state index in [2.05, 4.69) is 15.6 Å². The summed E-state index contributed by atoms with van der Waals surface area (Å²) in [5.41, 5.74) is 2.18. The van der Waals surface area contributed by atoms with Crippen molar-refractivity contribution in [1.82, 2.24) is 10.3 Å². The summed E-state index contributed by atoms with van der Waals surface area (Å²) in [6, 6.07) is 17.2. The van der Waals surface area contributed by atoms with Crippen LogP contribution >= 0.6 is 0 Å². The van der Waals surface area contributed by atoms with Gasteiger partial charge in [0.1, 0.15) is 23.4 Å². The second kappa shape index (κ2) is 15.0. The zero-order valence-corrected chi connectivity index (χ0v) is 24.6.